The van der Waals surface area contributed by atoms with Crippen molar-refractivity contribution in [3.63, 3.8) is 0 Å². The third-order valence-corrected chi connectivity index (χ3v) is 17.0. The summed E-state index contributed by atoms with van der Waals surface area (Å²) in [6, 6.07) is 23.4. The zero-order chi connectivity index (χ0) is 42.6. The Hall–Kier alpha value is -4.00. The van der Waals surface area contributed by atoms with E-state index in [1.165, 1.54) is 54.8 Å². The summed E-state index contributed by atoms with van der Waals surface area (Å²) in [6.45, 7) is 7.95. The topological polar surface area (TPSA) is 107 Å². The molecular formula is C42H42Cl2F2N6O4S4. The Morgan fingerprint density at radius 2 is 1.00 bits per heavy atom. The first-order chi connectivity index (χ1) is 28.7. The van der Waals surface area contributed by atoms with Crippen molar-refractivity contribution in [1.82, 2.24) is 18.6 Å². The molecule has 0 bridgehead atoms. The van der Waals surface area contributed by atoms with E-state index in [9.17, 15) is 25.6 Å². The minimum Gasteiger partial charge on any atom is -0.345 e. The highest BCUT2D eigenvalue weighted by atomic mass is 35.5. The Balaban J connectivity index is 0.000000181. The molecule has 6 aromatic rings. The molecule has 4 aromatic carbocycles. The third kappa shape index (κ3) is 10.2. The van der Waals surface area contributed by atoms with Gasteiger partial charge >= 0.3 is 0 Å². The van der Waals surface area contributed by atoms with Crippen molar-refractivity contribution in [1.29, 1.82) is 0 Å². The van der Waals surface area contributed by atoms with Crippen molar-refractivity contribution in [3.05, 3.63) is 151 Å². The molecule has 0 N–H and O–H groups in total. The van der Waals surface area contributed by atoms with Gasteiger partial charge in [-0.15, -0.1) is 22.7 Å². The first-order valence-electron chi connectivity index (χ1n) is 19.1. The number of hydrogen-bond donors (Lipinski definition) is 0. The fraction of sp³-hybridized carbons (Fsp3) is 0.286. The van der Waals surface area contributed by atoms with E-state index >= 15 is 0 Å². The molecule has 0 saturated carbocycles. The molecule has 2 aliphatic heterocycles. The van der Waals surface area contributed by atoms with Crippen molar-refractivity contribution in [3.8, 4) is 0 Å². The Kier molecular flexibility index (Phi) is 13.9. The number of nitrogens with zero attached hydrogens (tertiary/aromatic N) is 6. The van der Waals surface area contributed by atoms with Gasteiger partial charge in [-0.05, 0) is 72.5 Å². The molecular weight excluding hydrogens is 890 g/mol. The lowest BCUT2D eigenvalue weighted by Crippen LogP contribution is -2.48. The first-order valence-corrected chi connectivity index (χ1v) is 24.5. The summed E-state index contributed by atoms with van der Waals surface area (Å²) in [5.74, 6) is -1.75. The molecule has 0 atom stereocenters. The smallest absolute Gasteiger partial charge is 0.244 e. The molecule has 10 nitrogen and oxygen atoms in total. The maximum Gasteiger partial charge on any atom is 0.244 e. The molecule has 60 heavy (non-hydrogen) atoms. The average molecular weight is 932 g/mol. The highest BCUT2D eigenvalue weighted by molar-refractivity contribution is 7.89. The van der Waals surface area contributed by atoms with E-state index in [1.807, 2.05) is 10.3 Å². The van der Waals surface area contributed by atoms with Gasteiger partial charge in [0.15, 0.2) is 21.9 Å². The second-order valence-corrected chi connectivity index (χ2v) is 20.7. The quantitative estimate of drug-likeness (QED) is 0.134. The molecule has 2 fully saturated rings. The van der Waals surface area contributed by atoms with Crippen molar-refractivity contribution < 1.29 is 25.6 Å². The third-order valence-electron chi connectivity index (χ3n) is 10.3. The monoisotopic (exact) mass is 930 g/mol. The lowest BCUT2D eigenvalue weighted by Gasteiger charge is -2.33. The van der Waals surface area contributed by atoms with E-state index in [4.69, 9.17) is 28.2 Å². The Labute approximate surface area is 367 Å². The summed E-state index contributed by atoms with van der Waals surface area (Å²) in [4.78, 5) is 13.8. The van der Waals surface area contributed by atoms with Gasteiger partial charge in [0.2, 0.25) is 20.0 Å². The van der Waals surface area contributed by atoms with E-state index in [2.05, 4.69) is 47.3 Å². The number of aryl methyl sites for hydroxylation is 2. The molecule has 0 unspecified atom stereocenters. The lowest BCUT2D eigenvalue weighted by atomic mass is 10.0. The van der Waals surface area contributed by atoms with Crippen LogP contribution in [0.2, 0.25) is 10.0 Å². The normalized spacial score (nSPS) is 15.5. The van der Waals surface area contributed by atoms with Crippen LogP contribution < -0.4 is 9.80 Å². The number of aromatic nitrogens is 2. The number of halogens is 4. The van der Waals surface area contributed by atoms with Gasteiger partial charge in [-0.2, -0.15) is 8.61 Å². The summed E-state index contributed by atoms with van der Waals surface area (Å²) < 4.78 is 81.0. The van der Waals surface area contributed by atoms with E-state index in [-0.39, 0.29) is 19.8 Å². The molecule has 2 saturated heterocycles. The molecule has 2 aromatic heterocycles. The van der Waals surface area contributed by atoms with Gasteiger partial charge in [0, 0.05) is 76.0 Å². The van der Waals surface area contributed by atoms with Crippen LogP contribution in [-0.4, -0.2) is 87.8 Å². The average Bonchev–Trinajstić information content (AvgIpc) is 3.91. The zero-order valence-electron chi connectivity index (χ0n) is 32.8. The van der Waals surface area contributed by atoms with Crippen LogP contribution in [0.15, 0.2) is 105 Å². The highest BCUT2D eigenvalue weighted by Gasteiger charge is 2.32. The fourth-order valence-corrected chi connectivity index (χ4v) is 12.4. The molecule has 0 spiro atoms. The van der Waals surface area contributed by atoms with Gasteiger partial charge in [-0.1, -0.05) is 71.7 Å². The van der Waals surface area contributed by atoms with Gasteiger partial charge in [0.25, 0.3) is 0 Å². The standard InChI is InChI=1S/C22H24ClN3O2S2.C20H18ClF2N3O2S2/c1-16-7-8-18(13-17(16)2)14-19-15-29-22(24-19)25-9-11-26(12-10-25)30(27,28)21-6-4-3-5-20(21)23;21-16-3-1-2-4-19(16)30(27,28)26-9-7-25(8-10-26)20-24-15(13-29-20)11-14-5-6-17(22)18(23)12-14/h3-8,13,15H,9-12,14H2,1-2H3;1-6,12-13H,7-11H2. The summed E-state index contributed by atoms with van der Waals surface area (Å²) in [7, 11) is -7.23. The number of rotatable bonds is 10. The van der Waals surface area contributed by atoms with Crippen LogP contribution in [0, 0.1) is 25.5 Å². The lowest BCUT2D eigenvalue weighted by molar-refractivity contribution is 0.384. The second kappa shape index (κ2) is 18.9. The molecule has 0 aliphatic carbocycles. The van der Waals surface area contributed by atoms with Crippen molar-refractivity contribution in [2.24, 2.45) is 0 Å². The number of anilines is 2. The number of thiazole rings is 2. The van der Waals surface area contributed by atoms with Gasteiger partial charge in [-0.25, -0.2) is 35.6 Å². The van der Waals surface area contributed by atoms with Gasteiger partial charge in [0.1, 0.15) is 9.79 Å². The van der Waals surface area contributed by atoms with Crippen molar-refractivity contribution >= 4 is 76.2 Å². The molecule has 0 radical (unpaired) electrons. The minimum absolute atomic E-state index is 0.114. The van der Waals surface area contributed by atoms with E-state index in [0.717, 1.165) is 34.1 Å². The van der Waals surface area contributed by atoms with E-state index < -0.39 is 31.7 Å². The van der Waals surface area contributed by atoms with Crippen molar-refractivity contribution in [2.75, 3.05) is 62.2 Å². The van der Waals surface area contributed by atoms with Crippen LogP contribution in [0.25, 0.3) is 0 Å². The molecule has 0 amide bonds. The number of benzene rings is 4. The summed E-state index contributed by atoms with van der Waals surface area (Å²) in [6.07, 6.45) is 1.20. The highest BCUT2D eigenvalue weighted by Crippen LogP contribution is 2.30. The van der Waals surface area contributed by atoms with Crippen molar-refractivity contribution in [2.45, 2.75) is 36.5 Å². The van der Waals surface area contributed by atoms with Crippen LogP contribution in [0.1, 0.15) is 33.6 Å². The summed E-state index contributed by atoms with van der Waals surface area (Å²) in [5, 5.41) is 6.17. The Morgan fingerprint density at radius 1 is 0.567 bits per heavy atom. The van der Waals surface area contributed by atoms with Crippen LogP contribution in [-0.2, 0) is 32.9 Å². The van der Waals surface area contributed by atoms with E-state index in [1.54, 1.807) is 53.8 Å². The Bertz CT molecular complexity index is 2500. The maximum absolute atomic E-state index is 13.4. The molecule has 316 valence electrons. The molecule has 2 aliphatic rings. The SMILES string of the molecule is Cc1ccc(Cc2csc(N3CCN(S(=O)(=O)c4ccccc4Cl)CC3)n2)cc1C.O=S(=O)(c1ccccc1Cl)N1CCN(c2nc(Cc3ccc(F)c(F)c3)cs2)CC1. The minimum atomic E-state index is -3.65. The van der Waals surface area contributed by atoms with Crippen LogP contribution in [0.3, 0.4) is 0 Å². The predicted molar refractivity (Wildman–Crippen MR) is 237 cm³/mol. The van der Waals surface area contributed by atoms with Crippen LogP contribution in [0.4, 0.5) is 19.0 Å². The largest absolute Gasteiger partial charge is 0.345 e. The first kappa shape index (κ1) is 44.1. The zero-order valence-corrected chi connectivity index (χ0v) is 37.5. The summed E-state index contributed by atoms with van der Waals surface area (Å²) >= 11 is 15.3. The van der Waals surface area contributed by atoms with Gasteiger partial charge in [0.05, 0.1) is 21.4 Å². The van der Waals surface area contributed by atoms with Crippen LogP contribution >= 0.6 is 45.9 Å². The van der Waals surface area contributed by atoms with Gasteiger partial charge < -0.3 is 9.80 Å². The predicted octanol–water partition coefficient (Wildman–Crippen LogP) is 8.69. The number of sulfonamides is 2. The maximum atomic E-state index is 13.4. The number of hydrogen-bond acceptors (Lipinski definition) is 10. The second-order valence-electron chi connectivity index (χ2n) is 14.4. The summed E-state index contributed by atoms with van der Waals surface area (Å²) in [5.41, 5.74) is 6.28. The fourth-order valence-electron chi connectivity index (χ4n) is 6.85. The van der Waals surface area contributed by atoms with Crippen LogP contribution in [0.5, 0.6) is 0 Å². The molecule has 18 heteroatoms. The Morgan fingerprint density at radius 3 is 1.43 bits per heavy atom. The van der Waals surface area contributed by atoms with Gasteiger partial charge in [-0.3, -0.25) is 0 Å². The molecule has 4 heterocycles. The number of piperazine rings is 2. The molecule has 8 rings (SSSR count). The van der Waals surface area contributed by atoms with E-state index in [0.29, 0.717) is 64.3 Å².